The van der Waals surface area contributed by atoms with E-state index in [-0.39, 0.29) is 18.0 Å². The number of hydrogen-bond donors (Lipinski definition) is 2. The summed E-state index contributed by atoms with van der Waals surface area (Å²) in [5.74, 6) is 0.868. The summed E-state index contributed by atoms with van der Waals surface area (Å²) in [5, 5.41) is 17.7. The van der Waals surface area contributed by atoms with Crippen molar-refractivity contribution in [1.29, 1.82) is 0 Å². The molecule has 2 aliphatic rings. The normalized spacial score (nSPS) is 17.8. The molecule has 142 valence electrons. The van der Waals surface area contributed by atoms with E-state index < -0.39 is 0 Å². The molecule has 3 amide bonds. The monoisotopic (exact) mass is 369 g/mol. The Balaban J connectivity index is 1.37. The highest BCUT2D eigenvalue weighted by Gasteiger charge is 2.28. The highest BCUT2D eigenvalue weighted by Crippen LogP contribution is 2.36. The molecule has 1 saturated heterocycles. The van der Waals surface area contributed by atoms with Gasteiger partial charge in [0, 0.05) is 36.8 Å². The van der Waals surface area contributed by atoms with Crippen molar-refractivity contribution < 1.29 is 9.59 Å². The Kier molecular flexibility index (Phi) is 4.74. The SMILES string of the molecule is CC(CN1CCCC1=O)NC(=O)Nc1cccc(-c2nnnn2C2CC2)c1. The molecule has 4 rings (SSSR count). The Morgan fingerprint density at radius 1 is 1.37 bits per heavy atom. The summed E-state index contributed by atoms with van der Waals surface area (Å²) < 4.78 is 1.84. The van der Waals surface area contributed by atoms with Gasteiger partial charge < -0.3 is 15.5 Å². The van der Waals surface area contributed by atoms with Crippen LogP contribution in [0, 0.1) is 0 Å². The lowest BCUT2D eigenvalue weighted by molar-refractivity contribution is -0.127. The number of amides is 3. The van der Waals surface area contributed by atoms with Gasteiger partial charge in [0.1, 0.15) is 0 Å². The van der Waals surface area contributed by atoms with Gasteiger partial charge in [-0.25, -0.2) is 9.48 Å². The summed E-state index contributed by atoms with van der Waals surface area (Å²) in [6, 6.07) is 7.43. The Morgan fingerprint density at radius 3 is 2.96 bits per heavy atom. The molecule has 1 aromatic carbocycles. The lowest BCUT2D eigenvalue weighted by Crippen LogP contribution is -2.44. The van der Waals surface area contributed by atoms with Crippen LogP contribution >= 0.6 is 0 Å². The van der Waals surface area contributed by atoms with Crippen molar-refractivity contribution in [3.05, 3.63) is 24.3 Å². The van der Waals surface area contributed by atoms with Crippen LogP contribution in [0.15, 0.2) is 24.3 Å². The first-order valence-corrected chi connectivity index (χ1v) is 9.34. The van der Waals surface area contributed by atoms with E-state index >= 15 is 0 Å². The van der Waals surface area contributed by atoms with Gasteiger partial charge in [0.2, 0.25) is 5.91 Å². The molecule has 1 unspecified atom stereocenters. The van der Waals surface area contributed by atoms with E-state index in [2.05, 4.69) is 26.2 Å². The third-order valence-corrected chi connectivity index (χ3v) is 4.81. The smallest absolute Gasteiger partial charge is 0.319 e. The van der Waals surface area contributed by atoms with Gasteiger partial charge in [-0.3, -0.25) is 4.79 Å². The van der Waals surface area contributed by atoms with Crippen molar-refractivity contribution in [3.63, 3.8) is 0 Å². The van der Waals surface area contributed by atoms with Crippen molar-refractivity contribution in [2.45, 2.75) is 44.7 Å². The fraction of sp³-hybridized carbons (Fsp3) is 0.500. The average molecular weight is 369 g/mol. The molecule has 9 nitrogen and oxygen atoms in total. The number of rotatable bonds is 6. The molecule has 1 aliphatic carbocycles. The van der Waals surface area contributed by atoms with E-state index in [1.807, 2.05) is 35.9 Å². The van der Waals surface area contributed by atoms with Crippen molar-refractivity contribution in [2.75, 3.05) is 18.4 Å². The lowest BCUT2D eigenvalue weighted by atomic mass is 10.2. The largest absolute Gasteiger partial charge is 0.341 e. The molecule has 2 N–H and O–H groups in total. The molecular weight excluding hydrogens is 346 g/mol. The molecule has 1 aromatic heterocycles. The van der Waals surface area contributed by atoms with E-state index in [0.29, 0.717) is 30.5 Å². The predicted molar refractivity (Wildman–Crippen MR) is 99.0 cm³/mol. The first-order valence-electron chi connectivity index (χ1n) is 9.34. The Morgan fingerprint density at radius 2 is 2.22 bits per heavy atom. The second-order valence-corrected chi connectivity index (χ2v) is 7.20. The van der Waals surface area contributed by atoms with E-state index in [1.54, 1.807) is 4.90 Å². The number of nitrogens with one attached hydrogen (secondary N) is 2. The first kappa shape index (κ1) is 17.4. The topological polar surface area (TPSA) is 105 Å². The molecular formula is C18H23N7O2. The second-order valence-electron chi connectivity index (χ2n) is 7.20. The zero-order valence-electron chi connectivity index (χ0n) is 15.3. The first-order chi connectivity index (χ1) is 13.1. The molecule has 2 fully saturated rings. The zero-order chi connectivity index (χ0) is 18.8. The molecule has 0 bridgehead atoms. The molecule has 0 radical (unpaired) electrons. The van der Waals surface area contributed by atoms with Crippen LogP contribution < -0.4 is 10.6 Å². The fourth-order valence-corrected chi connectivity index (χ4v) is 3.35. The molecule has 9 heteroatoms. The molecule has 27 heavy (non-hydrogen) atoms. The molecule has 2 aromatic rings. The molecule has 2 heterocycles. The van der Waals surface area contributed by atoms with Gasteiger partial charge in [0.05, 0.1) is 6.04 Å². The number of anilines is 1. The number of nitrogens with zero attached hydrogens (tertiary/aromatic N) is 5. The van der Waals surface area contributed by atoms with Gasteiger partial charge in [0.25, 0.3) is 0 Å². The van der Waals surface area contributed by atoms with Gasteiger partial charge in [-0.1, -0.05) is 12.1 Å². The Bertz CT molecular complexity index is 846. The summed E-state index contributed by atoms with van der Waals surface area (Å²) in [5.41, 5.74) is 1.53. The van der Waals surface area contributed by atoms with Gasteiger partial charge in [-0.2, -0.15) is 0 Å². The number of likely N-dealkylation sites (tertiary alicyclic amines) is 1. The predicted octanol–water partition coefficient (Wildman–Crippen LogP) is 1.81. The fourth-order valence-electron chi connectivity index (χ4n) is 3.35. The maximum absolute atomic E-state index is 12.3. The quantitative estimate of drug-likeness (QED) is 0.808. The molecule has 0 spiro atoms. The summed E-state index contributed by atoms with van der Waals surface area (Å²) in [4.78, 5) is 25.8. The van der Waals surface area contributed by atoms with Crippen LogP contribution in [0.25, 0.3) is 11.4 Å². The third-order valence-electron chi connectivity index (χ3n) is 4.81. The number of hydrogen-bond acceptors (Lipinski definition) is 5. The van der Waals surface area contributed by atoms with Crippen molar-refractivity contribution in [3.8, 4) is 11.4 Å². The Labute approximate surface area is 157 Å². The molecule has 1 saturated carbocycles. The van der Waals surface area contributed by atoms with E-state index in [4.69, 9.17) is 0 Å². The summed E-state index contributed by atoms with van der Waals surface area (Å²) in [6.45, 7) is 3.19. The minimum atomic E-state index is -0.298. The standard InChI is InChI=1S/C18H23N7O2/c1-12(11-24-9-3-6-16(24)26)19-18(27)20-14-5-2-4-13(10-14)17-21-22-23-25(17)15-7-8-15/h2,4-5,10,12,15H,3,6-9,11H2,1H3,(H2,19,20,27). The molecule has 1 aliphatic heterocycles. The second kappa shape index (κ2) is 7.34. The van der Waals surface area contributed by atoms with Crippen LogP contribution in [0.2, 0.25) is 0 Å². The van der Waals surface area contributed by atoms with Gasteiger partial charge in [-0.05, 0) is 48.7 Å². The summed E-state index contributed by atoms with van der Waals surface area (Å²) >= 11 is 0. The maximum Gasteiger partial charge on any atom is 0.319 e. The van der Waals surface area contributed by atoms with E-state index in [9.17, 15) is 9.59 Å². The lowest BCUT2D eigenvalue weighted by Gasteiger charge is -2.21. The van der Waals surface area contributed by atoms with Crippen LogP contribution in [0.4, 0.5) is 10.5 Å². The maximum atomic E-state index is 12.3. The number of aromatic nitrogens is 4. The van der Waals surface area contributed by atoms with Gasteiger partial charge >= 0.3 is 6.03 Å². The number of carbonyl (C=O) groups is 2. The number of benzene rings is 1. The number of tetrazole rings is 1. The van der Waals surface area contributed by atoms with E-state index in [0.717, 1.165) is 31.4 Å². The summed E-state index contributed by atoms with van der Waals surface area (Å²) in [7, 11) is 0. The minimum absolute atomic E-state index is 0.127. The minimum Gasteiger partial charge on any atom is -0.341 e. The third kappa shape index (κ3) is 4.07. The average Bonchev–Trinajstić information content (AvgIpc) is 3.23. The van der Waals surface area contributed by atoms with E-state index in [1.165, 1.54) is 0 Å². The van der Waals surface area contributed by atoms with Crippen LogP contribution in [0.3, 0.4) is 0 Å². The van der Waals surface area contributed by atoms with Crippen LogP contribution in [0.1, 0.15) is 38.6 Å². The van der Waals surface area contributed by atoms with Crippen LogP contribution in [-0.2, 0) is 4.79 Å². The van der Waals surface area contributed by atoms with Crippen LogP contribution in [0.5, 0.6) is 0 Å². The zero-order valence-corrected chi connectivity index (χ0v) is 15.3. The van der Waals surface area contributed by atoms with Crippen molar-refractivity contribution in [1.82, 2.24) is 30.4 Å². The van der Waals surface area contributed by atoms with Crippen molar-refractivity contribution in [2.24, 2.45) is 0 Å². The van der Waals surface area contributed by atoms with Crippen LogP contribution in [-0.4, -0.2) is 56.2 Å². The number of carbonyl (C=O) groups excluding carboxylic acids is 2. The number of urea groups is 1. The van der Waals surface area contributed by atoms with Crippen molar-refractivity contribution >= 4 is 17.6 Å². The Hall–Kier alpha value is -2.97. The van der Waals surface area contributed by atoms with Gasteiger partial charge in [0.15, 0.2) is 5.82 Å². The highest BCUT2D eigenvalue weighted by atomic mass is 16.2. The summed E-state index contributed by atoms with van der Waals surface area (Å²) in [6.07, 6.45) is 3.68. The highest BCUT2D eigenvalue weighted by molar-refractivity contribution is 5.90. The molecule has 1 atom stereocenters. The van der Waals surface area contributed by atoms with Gasteiger partial charge in [-0.15, -0.1) is 5.10 Å².